The maximum Gasteiger partial charge on any atom is 0.379 e. The van der Waals surface area contributed by atoms with Crippen LogP contribution in [0.25, 0.3) is 0 Å². The number of Topliss-reactive ketones (excluding diaryl/α,β-unsaturated/α-hetero) is 1. The molecular weight excluding hydrogens is 216 g/mol. The molecule has 0 aliphatic heterocycles. The molecular formula is C11H11ClO3. The molecule has 3 nitrogen and oxygen atoms in total. The van der Waals surface area contributed by atoms with Crippen molar-refractivity contribution in [2.45, 2.75) is 13.8 Å². The maximum absolute atomic E-state index is 11.5. The normalized spacial score (nSPS) is 9.80. The van der Waals surface area contributed by atoms with Gasteiger partial charge in [-0.05, 0) is 31.5 Å². The Balaban J connectivity index is 2.96. The third-order valence-electron chi connectivity index (χ3n) is 1.83. The summed E-state index contributed by atoms with van der Waals surface area (Å²) in [6.07, 6.45) is 0. The van der Waals surface area contributed by atoms with Gasteiger partial charge in [0, 0.05) is 5.56 Å². The molecule has 80 valence electrons. The number of ketones is 1. The van der Waals surface area contributed by atoms with E-state index in [2.05, 4.69) is 4.74 Å². The summed E-state index contributed by atoms with van der Waals surface area (Å²) in [5, 5.41) is 0.271. The quantitative estimate of drug-likeness (QED) is 0.452. The van der Waals surface area contributed by atoms with Crippen LogP contribution in [0, 0.1) is 6.92 Å². The average Bonchev–Trinajstić information content (AvgIpc) is 2.17. The fourth-order valence-electron chi connectivity index (χ4n) is 1.11. The number of aryl methyl sites for hydroxylation is 1. The number of carbonyl (C=O) groups excluding carboxylic acids is 2. The highest BCUT2D eigenvalue weighted by atomic mass is 35.5. The molecule has 1 rings (SSSR count). The van der Waals surface area contributed by atoms with Crippen LogP contribution in [0.15, 0.2) is 18.2 Å². The Morgan fingerprint density at radius 3 is 2.60 bits per heavy atom. The van der Waals surface area contributed by atoms with Gasteiger partial charge in [0.25, 0.3) is 5.78 Å². The zero-order valence-electron chi connectivity index (χ0n) is 8.54. The van der Waals surface area contributed by atoms with E-state index in [1.165, 1.54) is 6.07 Å². The monoisotopic (exact) mass is 226 g/mol. The molecule has 0 spiro atoms. The molecule has 4 heteroatoms. The molecule has 15 heavy (non-hydrogen) atoms. The highest BCUT2D eigenvalue weighted by molar-refractivity contribution is 6.45. The van der Waals surface area contributed by atoms with Crippen molar-refractivity contribution in [1.29, 1.82) is 0 Å². The van der Waals surface area contributed by atoms with Crippen molar-refractivity contribution in [3.63, 3.8) is 0 Å². The van der Waals surface area contributed by atoms with Crippen LogP contribution in [0.1, 0.15) is 22.8 Å². The molecule has 0 saturated heterocycles. The maximum atomic E-state index is 11.5. The number of carbonyl (C=O) groups is 2. The number of ether oxygens (including phenoxy) is 1. The molecule has 0 radical (unpaired) electrons. The summed E-state index contributed by atoms with van der Waals surface area (Å²) in [7, 11) is 0. The second-order valence-corrected chi connectivity index (χ2v) is 3.44. The predicted octanol–water partition coefficient (Wildman–Crippen LogP) is 2.39. The van der Waals surface area contributed by atoms with E-state index in [4.69, 9.17) is 11.6 Å². The van der Waals surface area contributed by atoms with Gasteiger partial charge < -0.3 is 4.74 Å². The van der Waals surface area contributed by atoms with E-state index >= 15 is 0 Å². The Hall–Kier alpha value is -1.35. The van der Waals surface area contributed by atoms with Crippen molar-refractivity contribution in [2.75, 3.05) is 6.61 Å². The molecule has 0 aliphatic carbocycles. The highest BCUT2D eigenvalue weighted by Crippen LogP contribution is 2.18. The van der Waals surface area contributed by atoms with Gasteiger partial charge in [0.1, 0.15) is 0 Å². The number of rotatable bonds is 3. The lowest BCUT2D eigenvalue weighted by Gasteiger charge is -2.03. The van der Waals surface area contributed by atoms with Gasteiger partial charge in [0.15, 0.2) is 0 Å². The third-order valence-corrected chi connectivity index (χ3v) is 2.14. The standard InChI is InChI=1S/C11H11ClO3/c1-3-15-11(14)10(13)8-5-4-7(2)6-9(8)12/h4-6H,3H2,1-2H3. The minimum absolute atomic E-state index is 0.175. The SMILES string of the molecule is CCOC(=O)C(=O)c1ccc(C)cc1Cl. The summed E-state index contributed by atoms with van der Waals surface area (Å²) in [4.78, 5) is 22.7. The Morgan fingerprint density at radius 2 is 2.07 bits per heavy atom. The number of benzene rings is 1. The lowest BCUT2D eigenvalue weighted by atomic mass is 10.1. The highest BCUT2D eigenvalue weighted by Gasteiger charge is 2.19. The topological polar surface area (TPSA) is 43.4 Å². The minimum atomic E-state index is -0.872. The van der Waals surface area contributed by atoms with E-state index in [-0.39, 0.29) is 17.2 Å². The molecule has 0 unspecified atom stereocenters. The lowest BCUT2D eigenvalue weighted by Crippen LogP contribution is -2.17. The first kappa shape index (κ1) is 11.7. The van der Waals surface area contributed by atoms with Gasteiger partial charge in [0.2, 0.25) is 0 Å². The largest absolute Gasteiger partial charge is 0.460 e. The van der Waals surface area contributed by atoms with Gasteiger partial charge in [0.05, 0.1) is 11.6 Å². The van der Waals surface area contributed by atoms with Crippen LogP contribution in [0.2, 0.25) is 5.02 Å². The first-order chi connectivity index (χ1) is 7.06. The Bertz CT molecular complexity index is 399. The van der Waals surface area contributed by atoms with Gasteiger partial charge in [-0.3, -0.25) is 4.79 Å². The van der Waals surface area contributed by atoms with Crippen molar-refractivity contribution in [3.8, 4) is 0 Å². The number of hydrogen-bond donors (Lipinski definition) is 0. The van der Waals surface area contributed by atoms with E-state index in [1.807, 2.05) is 6.92 Å². The van der Waals surface area contributed by atoms with Crippen LogP contribution in [-0.4, -0.2) is 18.4 Å². The second-order valence-electron chi connectivity index (χ2n) is 3.03. The van der Waals surface area contributed by atoms with Crippen LogP contribution < -0.4 is 0 Å². The smallest absolute Gasteiger partial charge is 0.379 e. The summed E-state index contributed by atoms with van der Waals surface area (Å²) in [6, 6.07) is 4.88. The fraction of sp³-hybridized carbons (Fsp3) is 0.273. The Kier molecular flexibility index (Phi) is 3.86. The molecule has 0 atom stereocenters. The summed E-state index contributed by atoms with van der Waals surface area (Å²) in [6.45, 7) is 3.67. The van der Waals surface area contributed by atoms with E-state index in [1.54, 1.807) is 19.1 Å². The van der Waals surface area contributed by atoms with Crippen LogP contribution in [-0.2, 0) is 9.53 Å². The van der Waals surface area contributed by atoms with Gasteiger partial charge in [-0.15, -0.1) is 0 Å². The fourth-order valence-corrected chi connectivity index (χ4v) is 1.43. The first-order valence-electron chi connectivity index (χ1n) is 4.54. The van der Waals surface area contributed by atoms with Crippen LogP contribution in [0.5, 0.6) is 0 Å². The van der Waals surface area contributed by atoms with E-state index in [0.29, 0.717) is 0 Å². The minimum Gasteiger partial charge on any atom is -0.460 e. The molecule has 0 amide bonds. The first-order valence-corrected chi connectivity index (χ1v) is 4.91. The summed E-state index contributed by atoms with van der Waals surface area (Å²) >= 11 is 5.84. The van der Waals surface area contributed by atoms with Crippen molar-refractivity contribution in [3.05, 3.63) is 34.3 Å². The van der Waals surface area contributed by atoms with Gasteiger partial charge in [-0.25, -0.2) is 4.79 Å². The lowest BCUT2D eigenvalue weighted by molar-refractivity contribution is -0.137. The number of esters is 1. The Labute approximate surface area is 93.0 Å². The molecule has 0 aliphatic rings. The van der Waals surface area contributed by atoms with Gasteiger partial charge >= 0.3 is 5.97 Å². The van der Waals surface area contributed by atoms with Crippen LogP contribution in [0.4, 0.5) is 0 Å². The summed E-state index contributed by atoms with van der Waals surface area (Å²) in [5.41, 5.74) is 1.11. The van der Waals surface area contributed by atoms with E-state index in [9.17, 15) is 9.59 Å². The second kappa shape index (κ2) is 4.94. The number of hydrogen-bond acceptors (Lipinski definition) is 3. The van der Waals surface area contributed by atoms with Crippen molar-refractivity contribution >= 4 is 23.4 Å². The average molecular weight is 227 g/mol. The summed E-state index contributed by atoms with van der Waals surface area (Å²) in [5.74, 6) is -1.58. The molecule has 0 heterocycles. The van der Waals surface area contributed by atoms with Crippen molar-refractivity contribution < 1.29 is 14.3 Å². The van der Waals surface area contributed by atoms with Gasteiger partial charge in [-0.2, -0.15) is 0 Å². The zero-order chi connectivity index (χ0) is 11.4. The van der Waals surface area contributed by atoms with Crippen LogP contribution in [0.3, 0.4) is 0 Å². The predicted molar refractivity (Wildman–Crippen MR) is 57.2 cm³/mol. The molecule has 0 N–H and O–H groups in total. The summed E-state index contributed by atoms with van der Waals surface area (Å²) < 4.78 is 4.60. The van der Waals surface area contributed by atoms with Crippen molar-refractivity contribution in [1.82, 2.24) is 0 Å². The van der Waals surface area contributed by atoms with E-state index < -0.39 is 11.8 Å². The molecule has 0 saturated carbocycles. The zero-order valence-corrected chi connectivity index (χ0v) is 9.30. The molecule has 1 aromatic carbocycles. The molecule has 1 aromatic rings. The number of halogens is 1. The van der Waals surface area contributed by atoms with Crippen molar-refractivity contribution in [2.24, 2.45) is 0 Å². The van der Waals surface area contributed by atoms with E-state index in [0.717, 1.165) is 5.56 Å². The third kappa shape index (κ3) is 2.80. The molecule has 0 aromatic heterocycles. The van der Waals surface area contributed by atoms with Crippen LogP contribution >= 0.6 is 11.6 Å². The molecule has 0 fully saturated rings. The van der Waals surface area contributed by atoms with Gasteiger partial charge in [-0.1, -0.05) is 17.7 Å². The Morgan fingerprint density at radius 1 is 1.40 bits per heavy atom. The molecule has 0 bridgehead atoms.